The summed E-state index contributed by atoms with van der Waals surface area (Å²) in [6.07, 6.45) is 0.521. The Balaban J connectivity index is 1.80. The lowest BCUT2D eigenvalue weighted by Crippen LogP contribution is -2.55. The summed E-state index contributed by atoms with van der Waals surface area (Å²) < 4.78 is 2.09. The van der Waals surface area contributed by atoms with Crippen LogP contribution < -0.4 is 0 Å². The summed E-state index contributed by atoms with van der Waals surface area (Å²) >= 11 is 1.67. The first-order chi connectivity index (χ1) is 11.1. The molecule has 0 bridgehead atoms. The Morgan fingerprint density at radius 3 is 2.74 bits per heavy atom. The van der Waals surface area contributed by atoms with Gasteiger partial charge in [-0.15, -0.1) is 11.3 Å². The molecule has 1 aliphatic rings. The maximum absolute atomic E-state index is 12.9. The zero-order valence-electron chi connectivity index (χ0n) is 13.9. The predicted octanol–water partition coefficient (Wildman–Crippen LogP) is 2.81. The van der Waals surface area contributed by atoms with Gasteiger partial charge in [0.25, 0.3) is 5.91 Å². The Hall–Kier alpha value is -1.82. The molecule has 23 heavy (non-hydrogen) atoms. The lowest BCUT2D eigenvalue weighted by Gasteiger charge is -2.39. The molecule has 0 aromatic carbocycles. The van der Waals surface area contributed by atoms with Crippen molar-refractivity contribution in [3.05, 3.63) is 23.2 Å². The van der Waals surface area contributed by atoms with E-state index in [-0.39, 0.29) is 17.9 Å². The van der Waals surface area contributed by atoms with Crippen LogP contribution >= 0.6 is 11.3 Å². The quantitative estimate of drug-likeness (QED) is 0.867. The van der Waals surface area contributed by atoms with Gasteiger partial charge in [-0.2, -0.15) is 0 Å². The fourth-order valence-electron chi connectivity index (χ4n) is 3.34. The lowest BCUT2D eigenvalue weighted by molar-refractivity contribution is -0.134. The van der Waals surface area contributed by atoms with Crippen LogP contribution in [0.3, 0.4) is 0 Å². The van der Waals surface area contributed by atoms with Gasteiger partial charge < -0.3 is 14.4 Å². The molecule has 0 radical (unpaired) electrons. The zero-order chi connectivity index (χ0) is 16.6. The van der Waals surface area contributed by atoms with E-state index in [0.717, 1.165) is 22.5 Å². The first-order valence-electron chi connectivity index (χ1n) is 8.22. The average molecular weight is 333 g/mol. The van der Waals surface area contributed by atoms with Crippen LogP contribution in [-0.4, -0.2) is 51.9 Å². The van der Waals surface area contributed by atoms with Gasteiger partial charge in [-0.3, -0.25) is 9.59 Å². The molecule has 1 atom stereocenters. The van der Waals surface area contributed by atoms with Gasteiger partial charge in [-0.05, 0) is 31.4 Å². The van der Waals surface area contributed by atoms with E-state index < -0.39 is 0 Å². The van der Waals surface area contributed by atoms with E-state index in [2.05, 4.69) is 22.9 Å². The fourth-order valence-corrected chi connectivity index (χ4v) is 4.31. The van der Waals surface area contributed by atoms with E-state index in [1.54, 1.807) is 11.3 Å². The number of amides is 2. The van der Waals surface area contributed by atoms with E-state index in [9.17, 15) is 9.59 Å². The summed E-state index contributed by atoms with van der Waals surface area (Å²) in [5.41, 5.74) is 0.761. The first kappa shape index (κ1) is 16.1. The van der Waals surface area contributed by atoms with Crippen molar-refractivity contribution >= 4 is 33.4 Å². The largest absolute Gasteiger partial charge is 0.336 e. The Morgan fingerprint density at radius 1 is 1.30 bits per heavy atom. The van der Waals surface area contributed by atoms with Gasteiger partial charge in [0.2, 0.25) is 5.91 Å². The van der Waals surface area contributed by atoms with Crippen LogP contribution in [0.4, 0.5) is 0 Å². The van der Waals surface area contributed by atoms with Crippen molar-refractivity contribution in [1.82, 2.24) is 14.4 Å². The zero-order valence-corrected chi connectivity index (χ0v) is 14.7. The van der Waals surface area contributed by atoms with Crippen LogP contribution in [0, 0.1) is 0 Å². The molecule has 2 amide bonds. The number of aromatic nitrogens is 1. The minimum atomic E-state index is 0.0747. The molecule has 5 nitrogen and oxygen atoms in total. The normalized spacial score (nSPS) is 18.7. The number of thiophene rings is 1. The van der Waals surface area contributed by atoms with Crippen LogP contribution in [0.5, 0.6) is 0 Å². The highest BCUT2D eigenvalue weighted by atomic mass is 32.1. The molecule has 124 valence electrons. The number of piperazine rings is 1. The van der Waals surface area contributed by atoms with Crippen molar-refractivity contribution in [2.24, 2.45) is 0 Å². The summed E-state index contributed by atoms with van der Waals surface area (Å²) in [5.74, 6) is 0.243. The van der Waals surface area contributed by atoms with E-state index in [1.807, 2.05) is 29.7 Å². The summed E-state index contributed by atoms with van der Waals surface area (Å²) in [6.45, 7) is 8.59. The molecule has 0 saturated carbocycles. The maximum atomic E-state index is 12.9. The van der Waals surface area contributed by atoms with Crippen molar-refractivity contribution < 1.29 is 9.59 Å². The van der Waals surface area contributed by atoms with Crippen molar-refractivity contribution in [2.45, 2.75) is 39.8 Å². The number of hydrogen-bond donors (Lipinski definition) is 0. The van der Waals surface area contributed by atoms with Gasteiger partial charge in [0.15, 0.2) is 0 Å². The molecule has 3 heterocycles. The highest BCUT2D eigenvalue weighted by Gasteiger charge is 2.30. The highest BCUT2D eigenvalue weighted by molar-refractivity contribution is 7.16. The number of fused-ring (bicyclic) bond motifs is 1. The molecule has 1 saturated heterocycles. The molecule has 0 unspecified atom stereocenters. The molecule has 6 heteroatoms. The second kappa shape index (κ2) is 6.35. The van der Waals surface area contributed by atoms with Gasteiger partial charge >= 0.3 is 0 Å². The van der Waals surface area contributed by atoms with Gasteiger partial charge in [0.1, 0.15) is 10.5 Å². The van der Waals surface area contributed by atoms with Crippen molar-refractivity contribution in [2.75, 3.05) is 19.6 Å². The smallest absolute Gasteiger partial charge is 0.270 e. The Morgan fingerprint density at radius 2 is 2.09 bits per heavy atom. The molecule has 1 fully saturated rings. The van der Waals surface area contributed by atoms with Gasteiger partial charge in [-0.25, -0.2) is 0 Å². The van der Waals surface area contributed by atoms with E-state index in [1.165, 1.54) is 0 Å². The summed E-state index contributed by atoms with van der Waals surface area (Å²) in [6, 6.07) is 4.13. The molecule has 3 rings (SSSR count). The number of hydrogen-bond acceptors (Lipinski definition) is 3. The lowest BCUT2D eigenvalue weighted by atomic mass is 10.1. The SMILES string of the molecule is CCC(=O)N1CCN(C(=O)c2cc3ccsc3n2CC)C[C@H]1C. The number of aryl methyl sites for hydroxylation is 1. The predicted molar refractivity (Wildman–Crippen MR) is 92.9 cm³/mol. The molecule has 2 aromatic rings. The number of carbonyl (C=O) groups excluding carboxylic acids is 2. The van der Waals surface area contributed by atoms with Crippen molar-refractivity contribution in [1.29, 1.82) is 0 Å². The van der Waals surface area contributed by atoms with Crippen LogP contribution in [-0.2, 0) is 11.3 Å². The summed E-state index contributed by atoms with van der Waals surface area (Å²) in [4.78, 5) is 29.8. The van der Waals surface area contributed by atoms with Crippen molar-refractivity contribution in [3.63, 3.8) is 0 Å². The molecule has 2 aromatic heterocycles. The summed E-state index contributed by atoms with van der Waals surface area (Å²) in [7, 11) is 0. The Kier molecular flexibility index (Phi) is 4.43. The molecule has 0 aliphatic carbocycles. The number of rotatable bonds is 3. The molecular weight excluding hydrogens is 310 g/mol. The fraction of sp³-hybridized carbons (Fsp3) is 0.529. The van der Waals surface area contributed by atoms with Crippen LogP contribution in [0.1, 0.15) is 37.7 Å². The average Bonchev–Trinajstić information content (AvgIpc) is 3.13. The molecule has 1 aliphatic heterocycles. The third-order valence-corrected chi connectivity index (χ3v) is 5.53. The number of nitrogens with zero attached hydrogens (tertiary/aromatic N) is 3. The molecule has 0 N–H and O–H groups in total. The third-order valence-electron chi connectivity index (χ3n) is 4.58. The Bertz CT molecular complexity index is 733. The van der Waals surface area contributed by atoms with Gasteiger partial charge in [0.05, 0.1) is 0 Å². The highest BCUT2D eigenvalue weighted by Crippen LogP contribution is 2.26. The van der Waals surface area contributed by atoms with E-state index in [0.29, 0.717) is 26.1 Å². The second-order valence-corrected chi connectivity index (χ2v) is 6.89. The molecular formula is C17H23N3O2S. The standard InChI is InChI=1S/C17H23N3O2S/c1-4-15(21)20-8-7-18(11-12(20)3)16(22)14-10-13-6-9-23-17(13)19(14)5-2/h6,9-10,12H,4-5,7-8,11H2,1-3H3/t12-/m1/s1. The van der Waals surface area contributed by atoms with E-state index in [4.69, 9.17) is 0 Å². The monoisotopic (exact) mass is 333 g/mol. The van der Waals surface area contributed by atoms with Crippen LogP contribution in [0.15, 0.2) is 17.5 Å². The maximum Gasteiger partial charge on any atom is 0.270 e. The van der Waals surface area contributed by atoms with Crippen LogP contribution in [0.25, 0.3) is 10.2 Å². The van der Waals surface area contributed by atoms with E-state index >= 15 is 0 Å². The third kappa shape index (κ3) is 2.76. The minimum absolute atomic E-state index is 0.0747. The molecule has 0 spiro atoms. The van der Waals surface area contributed by atoms with Crippen molar-refractivity contribution in [3.8, 4) is 0 Å². The van der Waals surface area contributed by atoms with Crippen LogP contribution in [0.2, 0.25) is 0 Å². The topological polar surface area (TPSA) is 45.6 Å². The minimum Gasteiger partial charge on any atom is -0.336 e. The van der Waals surface area contributed by atoms with Gasteiger partial charge in [0, 0.05) is 44.0 Å². The number of carbonyl (C=O) groups is 2. The summed E-state index contributed by atoms with van der Waals surface area (Å²) in [5, 5.41) is 3.19. The second-order valence-electron chi connectivity index (χ2n) is 6.00. The van der Waals surface area contributed by atoms with Gasteiger partial charge in [-0.1, -0.05) is 6.92 Å². The Labute approximate surface area is 140 Å². The first-order valence-corrected chi connectivity index (χ1v) is 9.10.